The first-order chi connectivity index (χ1) is 7.19. The first kappa shape index (κ1) is 11.4. The Morgan fingerprint density at radius 2 is 2.13 bits per heavy atom. The van der Waals surface area contributed by atoms with Gasteiger partial charge in [-0.25, -0.2) is 0 Å². The smallest absolute Gasteiger partial charge is 0.101 e. The molecule has 1 rings (SSSR count). The summed E-state index contributed by atoms with van der Waals surface area (Å²) >= 11 is 5.89. The van der Waals surface area contributed by atoms with Crippen molar-refractivity contribution in [2.45, 2.75) is 6.42 Å². The fraction of sp³-hybridized carbons (Fsp3) is 0.273. The Morgan fingerprint density at radius 1 is 1.40 bits per heavy atom. The van der Waals surface area contributed by atoms with Crippen LogP contribution in [0.5, 0.6) is 0 Å². The summed E-state index contributed by atoms with van der Waals surface area (Å²) in [5.74, 6) is 0. The number of nitrogens with zero attached hydrogens (tertiary/aromatic N) is 3. The standard InChI is InChI=1S/C11H10ClN3/c1-15(6-2-5-13)10-4-3-9(8-14)11(12)7-10/h3-4,7H,2,6H2,1H3. The van der Waals surface area contributed by atoms with Gasteiger partial charge in [-0.2, -0.15) is 10.5 Å². The molecule has 0 amide bonds. The van der Waals surface area contributed by atoms with Crippen LogP contribution in [0.1, 0.15) is 12.0 Å². The summed E-state index contributed by atoms with van der Waals surface area (Å²) < 4.78 is 0. The van der Waals surface area contributed by atoms with Gasteiger partial charge in [0.25, 0.3) is 0 Å². The van der Waals surface area contributed by atoms with Gasteiger partial charge in [0.15, 0.2) is 0 Å². The van der Waals surface area contributed by atoms with Crippen LogP contribution in [0.3, 0.4) is 0 Å². The van der Waals surface area contributed by atoms with Crippen molar-refractivity contribution >= 4 is 17.3 Å². The van der Waals surface area contributed by atoms with Gasteiger partial charge >= 0.3 is 0 Å². The van der Waals surface area contributed by atoms with Crippen LogP contribution in [0.2, 0.25) is 5.02 Å². The number of rotatable bonds is 3. The second kappa shape index (κ2) is 5.24. The Morgan fingerprint density at radius 3 is 2.67 bits per heavy atom. The van der Waals surface area contributed by atoms with E-state index in [1.54, 1.807) is 12.1 Å². The number of halogens is 1. The molecule has 0 N–H and O–H groups in total. The van der Waals surface area contributed by atoms with Crippen molar-refractivity contribution in [1.82, 2.24) is 0 Å². The number of nitriles is 2. The van der Waals surface area contributed by atoms with Crippen molar-refractivity contribution in [2.75, 3.05) is 18.5 Å². The van der Waals surface area contributed by atoms with Gasteiger partial charge in [-0.3, -0.25) is 0 Å². The lowest BCUT2D eigenvalue weighted by Gasteiger charge is -2.17. The van der Waals surface area contributed by atoms with Crippen molar-refractivity contribution < 1.29 is 0 Å². The Labute approximate surface area is 94.1 Å². The molecule has 4 heteroatoms. The van der Waals surface area contributed by atoms with Gasteiger partial charge in [0.2, 0.25) is 0 Å². The lowest BCUT2D eigenvalue weighted by molar-refractivity contribution is 0.905. The van der Waals surface area contributed by atoms with E-state index < -0.39 is 0 Å². The minimum absolute atomic E-state index is 0.443. The molecule has 0 aromatic heterocycles. The minimum Gasteiger partial charge on any atom is -0.374 e. The summed E-state index contributed by atoms with van der Waals surface area (Å²) in [6.07, 6.45) is 0.466. The van der Waals surface area contributed by atoms with Gasteiger partial charge in [-0.15, -0.1) is 0 Å². The molecule has 0 saturated carbocycles. The average molecular weight is 220 g/mol. The summed E-state index contributed by atoms with van der Waals surface area (Å²) in [5.41, 5.74) is 1.38. The van der Waals surface area contributed by atoms with E-state index in [1.165, 1.54) is 0 Å². The van der Waals surface area contributed by atoms with E-state index in [-0.39, 0.29) is 0 Å². The Bertz CT molecular complexity index is 428. The summed E-state index contributed by atoms with van der Waals surface area (Å²) in [6.45, 7) is 0.652. The molecule has 0 aliphatic carbocycles. The number of benzene rings is 1. The zero-order chi connectivity index (χ0) is 11.3. The first-order valence-corrected chi connectivity index (χ1v) is 4.84. The van der Waals surface area contributed by atoms with E-state index in [0.29, 0.717) is 23.6 Å². The third kappa shape index (κ3) is 2.87. The molecule has 0 atom stereocenters. The largest absolute Gasteiger partial charge is 0.374 e. The fourth-order valence-corrected chi connectivity index (χ4v) is 1.40. The quantitative estimate of drug-likeness (QED) is 0.785. The first-order valence-electron chi connectivity index (χ1n) is 4.46. The van der Waals surface area contributed by atoms with Crippen molar-refractivity contribution in [3.8, 4) is 12.1 Å². The van der Waals surface area contributed by atoms with Crippen LogP contribution in [-0.4, -0.2) is 13.6 Å². The SMILES string of the molecule is CN(CCC#N)c1ccc(C#N)c(Cl)c1. The monoisotopic (exact) mass is 219 g/mol. The van der Waals surface area contributed by atoms with E-state index >= 15 is 0 Å². The van der Waals surface area contributed by atoms with Gasteiger partial charge in [-0.1, -0.05) is 11.6 Å². The maximum absolute atomic E-state index is 8.70. The predicted octanol–water partition coefficient (Wildman–Crippen LogP) is 2.56. The van der Waals surface area contributed by atoms with Crippen LogP contribution < -0.4 is 4.90 Å². The molecule has 0 bridgehead atoms. The van der Waals surface area contributed by atoms with Crippen molar-refractivity contribution in [3.05, 3.63) is 28.8 Å². The molecule has 0 aliphatic rings. The zero-order valence-electron chi connectivity index (χ0n) is 8.37. The molecule has 76 valence electrons. The summed E-state index contributed by atoms with van der Waals surface area (Å²) in [7, 11) is 1.88. The lowest BCUT2D eigenvalue weighted by Crippen LogP contribution is -2.17. The van der Waals surface area contributed by atoms with Crippen LogP contribution in [0.15, 0.2) is 18.2 Å². The van der Waals surface area contributed by atoms with Gasteiger partial charge in [-0.05, 0) is 18.2 Å². The highest BCUT2D eigenvalue weighted by molar-refractivity contribution is 6.32. The molecule has 0 aliphatic heterocycles. The van der Waals surface area contributed by atoms with Crippen molar-refractivity contribution in [3.63, 3.8) is 0 Å². The molecule has 3 nitrogen and oxygen atoms in total. The van der Waals surface area contributed by atoms with E-state index in [4.69, 9.17) is 22.1 Å². The Balaban J connectivity index is 2.84. The normalized spacial score (nSPS) is 9.07. The zero-order valence-corrected chi connectivity index (χ0v) is 9.12. The highest BCUT2D eigenvalue weighted by atomic mass is 35.5. The fourth-order valence-electron chi connectivity index (χ4n) is 1.18. The highest BCUT2D eigenvalue weighted by Gasteiger charge is 2.04. The van der Waals surface area contributed by atoms with E-state index in [0.717, 1.165) is 5.69 Å². The lowest BCUT2D eigenvalue weighted by atomic mass is 10.2. The van der Waals surface area contributed by atoms with Gasteiger partial charge < -0.3 is 4.90 Å². The van der Waals surface area contributed by atoms with Crippen LogP contribution in [0.4, 0.5) is 5.69 Å². The number of anilines is 1. The average Bonchev–Trinajstić information content (AvgIpc) is 2.25. The molecule has 15 heavy (non-hydrogen) atoms. The highest BCUT2D eigenvalue weighted by Crippen LogP contribution is 2.22. The van der Waals surface area contributed by atoms with Crippen molar-refractivity contribution in [1.29, 1.82) is 10.5 Å². The minimum atomic E-state index is 0.443. The molecule has 1 aromatic carbocycles. The molecule has 0 fully saturated rings. The molecular formula is C11H10ClN3. The van der Waals surface area contributed by atoms with Crippen LogP contribution >= 0.6 is 11.6 Å². The maximum Gasteiger partial charge on any atom is 0.101 e. The third-order valence-corrected chi connectivity index (χ3v) is 2.39. The maximum atomic E-state index is 8.70. The van der Waals surface area contributed by atoms with Crippen LogP contribution in [-0.2, 0) is 0 Å². The second-order valence-electron chi connectivity index (χ2n) is 3.11. The summed E-state index contributed by atoms with van der Waals surface area (Å²) in [6, 6.07) is 9.32. The molecule has 0 unspecified atom stereocenters. The topological polar surface area (TPSA) is 50.8 Å². The number of hydrogen-bond donors (Lipinski definition) is 0. The third-order valence-electron chi connectivity index (χ3n) is 2.07. The Kier molecular flexibility index (Phi) is 3.97. The predicted molar refractivity (Wildman–Crippen MR) is 59.7 cm³/mol. The van der Waals surface area contributed by atoms with Gasteiger partial charge in [0, 0.05) is 19.3 Å². The van der Waals surface area contributed by atoms with Crippen LogP contribution in [0.25, 0.3) is 0 Å². The molecule has 0 heterocycles. The van der Waals surface area contributed by atoms with E-state index in [9.17, 15) is 0 Å². The second-order valence-corrected chi connectivity index (χ2v) is 3.51. The molecule has 0 saturated heterocycles. The van der Waals surface area contributed by atoms with Crippen molar-refractivity contribution in [2.24, 2.45) is 0 Å². The summed E-state index contributed by atoms with van der Waals surface area (Å²) in [5, 5.41) is 17.6. The van der Waals surface area contributed by atoms with Gasteiger partial charge in [0.1, 0.15) is 6.07 Å². The number of hydrogen-bond acceptors (Lipinski definition) is 3. The Hall–Kier alpha value is -1.71. The van der Waals surface area contributed by atoms with Crippen LogP contribution in [0, 0.1) is 22.7 Å². The molecule has 1 aromatic rings. The van der Waals surface area contributed by atoms with E-state index in [2.05, 4.69) is 6.07 Å². The summed E-state index contributed by atoms with van der Waals surface area (Å²) in [4.78, 5) is 1.93. The molecule has 0 radical (unpaired) electrons. The molecular weight excluding hydrogens is 210 g/mol. The van der Waals surface area contributed by atoms with Gasteiger partial charge in [0.05, 0.1) is 23.1 Å². The molecule has 0 spiro atoms. The van der Waals surface area contributed by atoms with E-state index in [1.807, 2.05) is 24.1 Å².